The van der Waals surface area contributed by atoms with E-state index in [1.165, 1.54) is 0 Å². The van der Waals surface area contributed by atoms with Crippen molar-refractivity contribution in [3.8, 4) is 0 Å². The van der Waals surface area contributed by atoms with Crippen LogP contribution in [0.5, 0.6) is 0 Å². The van der Waals surface area contributed by atoms with Crippen molar-refractivity contribution < 1.29 is 0 Å². The van der Waals surface area contributed by atoms with Crippen LogP contribution in [0.4, 0.5) is 5.82 Å². The average molecular weight is 318 g/mol. The van der Waals surface area contributed by atoms with Gasteiger partial charge in [-0.3, -0.25) is 4.57 Å². The van der Waals surface area contributed by atoms with Crippen LogP contribution in [-0.4, -0.2) is 33.6 Å². The molecule has 0 spiro atoms. The highest BCUT2D eigenvalue weighted by molar-refractivity contribution is 6.31. The van der Waals surface area contributed by atoms with Crippen molar-refractivity contribution in [2.45, 2.75) is 13.0 Å². The minimum Gasteiger partial charge on any atom is -0.362 e. The van der Waals surface area contributed by atoms with E-state index in [4.69, 9.17) is 11.6 Å². The van der Waals surface area contributed by atoms with E-state index in [2.05, 4.69) is 15.0 Å². The maximum absolute atomic E-state index is 12.6. The first-order valence-corrected chi connectivity index (χ1v) is 7.24. The maximum Gasteiger partial charge on any atom is 0.350 e. The number of rotatable bonds is 3. The normalized spacial score (nSPS) is 12.5. The zero-order valence-electron chi connectivity index (χ0n) is 12.5. The summed E-state index contributed by atoms with van der Waals surface area (Å²) >= 11 is 6.13. The third kappa shape index (κ3) is 2.35. The van der Waals surface area contributed by atoms with Gasteiger partial charge in [0.25, 0.3) is 0 Å². The number of hydrogen-bond acceptors (Lipinski definition) is 4. The molecule has 1 aromatic carbocycles. The van der Waals surface area contributed by atoms with E-state index in [0.717, 1.165) is 16.6 Å². The maximum atomic E-state index is 12.6. The number of halogens is 1. The summed E-state index contributed by atoms with van der Waals surface area (Å²) in [5, 5.41) is 1.45. The molecule has 3 aromatic rings. The number of aromatic amines is 1. The lowest BCUT2D eigenvalue weighted by molar-refractivity contribution is 0.608. The van der Waals surface area contributed by atoms with Crippen molar-refractivity contribution in [1.82, 2.24) is 19.5 Å². The molecule has 0 saturated carbocycles. The third-order valence-electron chi connectivity index (χ3n) is 3.65. The molecule has 1 N–H and O–H groups in total. The molecule has 2 aromatic heterocycles. The lowest BCUT2D eigenvalue weighted by Crippen LogP contribution is -2.29. The molecule has 7 heteroatoms. The van der Waals surface area contributed by atoms with Gasteiger partial charge < -0.3 is 9.88 Å². The Morgan fingerprint density at radius 2 is 2.14 bits per heavy atom. The summed E-state index contributed by atoms with van der Waals surface area (Å²) in [6.07, 6.45) is 3.29. The number of nitrogens with zero attached hydrogens (tertiary/aromatic N) is 4. The molecule has 0 aliphatic rings. The number of anilines is 1. The highest BCUT2D eigenvalue weighted by atomic mass is 35.5. The summed E-state index contributed by atoms with van der Waals surface area (Å²) in [6.45, 7) is 1.92. The second kappa shape index (κ2) is 5.46. The Bertz CT molecular complexity index is 870. The minimum atomic E-state index is -0.319. The summed E-state index contributed by atoms with van der Waals surface area (Å²) in [4.78, 5) is 25.6. The van der Waals surface area contributed by atoms with Crippen LogP contribution in [0.3, 0.4) is 0 Å². The van der Waals surface area contributed by atoms with Crippen molar-refractivity contribution in [3.63, 3.8) is 0 Å². The first-order valence-electron chi connectivity index (χ1n) is 6.86. The highest BCUT2D eigenvalue weighted by Crippen LogP contribution is 2.27. The van der Waals surface area contributed by atoms with Gasteiger partial charge >= 0.3 is 5.69 Å². The van der Waals surface area contributed by atoms with Crippen LogP contribution < -0.4 is 10.6 Å². The predicted octanol–water partition coefficient (Wildman–Crippen LogP) is 2.45. The number of H-pyrrole nitrogens is 1. The molecule has 2 heterocycles. The summed E-state index contributed by atoms with van der Waals surface area (Å²) in [7, 11) is 3.72. The number of aromatic nitrogens is 4. The molecular formula is C15H16ClN5O. The minimum absolute atomic E-state index is 0.223. The van der Waals surface area contributed by atoms with Crippen molar-refractivity contribution in [2.75, 3.05) is 19.0 Å². The standard InChI is InChI=1S/C15H16ClN5O/c1-9(12-7-17-8-18-12)21-13-6-10(16)4-5-11(13)14(20(2)3)19-15(21)22/h4-9H,1-3H3,(H,17,18)/t9-/m0/s1. The summed E-state index contributed by atoms with van der Waals surface area (Å²) in [6, 6.07) is 5.25. The third-order valence-corrected chi connectivity index (χ3v) is 3.88. The van der Waals surface area contributed by atoms with Crippen molar-refractivity contribution >= 4 is 28.3 Å². The number of hydrogen-bond donors (Lipinski definition) is 1. The molecule has 1 atom stereocenters. The molecule has 22 heavy (non-hydrogen) atoms. The molecule has 114 valence electrons. The Morgan fingerprint density at radius 3 is 2.77 bits per heavy atom. The topological polar surface area (TPSA) is 66.8 Å². The van der Waals surface area contributed by atoms with Gasteiger partial charge in [-0.05, 0) is 25.1 Å². The fourth-order valence-corrected chi connectivity index (χ4v) is 2.72. The van der Waals surface area contributed by atoms with Crippen molar-refractivity contribution in [2.24, 2.45) is 0 Å². The van der Waals surface area contributed by atoms with Gasteiger partial charge in [0, 0.05) is 24.5 Å². The summed E-state index contributed by atoms with van der Waals surface area (Å²) in [5.41, 5.74) is 1.27. The van der Waals surface area contributed by atoms with E-state index >= 15 is 0 Å². The zero-order chi connectivity index (χ0) is 15.9. The molecule has 0 aliphatic carbocycles. The van der Waals surface area contributed by atoms with Gasteiger partial charge in [-0.25, -0.2) is 9.78 Å². The summed E-state index contributed by atoms with van der Waals surface area (Å²) in [5.74, 6) is 0.629. The molecule has 0 amide bonds. The number of benzene rings is 1. The molecule has 0 saturated heterocycles. The van der Waals surface area contributed by atoms with Crippen LogP contribution in [0, 0.1) is 0 Å². The van der Waals surface area contributed by atoms with Crippen LogP contribution in [0.25, 0.3) is 10.9 Å². The Balaban J connectivity index is 2.35. The second-order valence-electron chi connectivity index (χ2n) is 5.33. The lowest BCUT2D eigenvalue weighted by Gasteiger charge is -2.20. The first kappa shape index (κ1) is 14.6. The van der Waals surface area contributed by atoms with Gasteiger partial charge in [-0.1, -0.05) is 11.6 Å². The van der Waals surface area contributed by atoms with Crippen LogP contribution in [0.2, 0.25) is 5.02 Å². The summed E-state index contributed by atoms with van der Waals surface area (Å²) < 4.78 is 1.63. The lowest BCUT2D eigenvalue weighted by atomic mass is 10.2. The average Bonchev–Trinajstić information content (AvgIpc) is 2.99. The predicted molar refractivity (Wildman–Crippen MR) is 87.7 cm³/mol. The molecule has 0 unspecified atom stereocenters. The second-order valence-corrected chi connectivity index (χ2v) is 5.76. The zero-order valence-corrected chi connectivity index (χ0v) is 13.3. The monoisotopic (exact) mass is 317 g/mol. The van der Waals surface area contributed by atoms with Gasteiger partial charge in [0.1, 0.15) is 5.82 Å². The van der Waals surface area contributed by atoms with Gasteiger partial charge in [0.2, 0.25) is 0 Å². The van der Waals surface area contributed by atoms with E-state index in [1.54, 1.807) is 29.2 Å². The first-order chi connectivity index (χ1) is 10.5. The molecule has 0 aliphatic heterocycles. The smallest absolute Gasteiger partial charge is 0.350 e. The van der Waals surface area contributed by atoms with Gasteiger partial charge in [0.15, 0.2) is 0 Å². The van der Waals surface area contributed by atoms with E-state index in [9.17, 15) is 4.79 Å². The molecular weight excluding hydrogens is 302 g/mol. The SMILES string of the molecule is C[C@@H](c1cnc[nH]1)n1c(=O)nc(N(C)C)c2ccc(Cl)cc21. The molecule has 0 radical (unpaired) electrons. The van der Waals surface area contributed by atoms with E-state index in [1.807, 2.05) is 32.0 Å². The van der Waals surface area contributed by atoms with E-state index in [-0.39, 0.29) is 11.7 Å². The molecule has 0 bridgehead atoms. The van der Waals surface area contributed by atoms with Crippen LogP contribution >= 0.6 is 11.6 Å². The fourth-order valence-electron chi connectivity index (χ4n) is 2.55. The van der Waals surface area contributed by atoms with Crippen LogP contribution in [-0.2, 0) is 0 Å². The van der Waals surface area contributed by atoms with Gasteiger partial charge in [-0.2, -0.15) is 4.98 Å². The van der Waals surface area contributed by atoms with E-state index in [0.29, 0.717) is 10.8 Å². The highest BCUT2D eigenvalue weighted by Gasteiger charge is 2.18. The van der Waals surface area contributed by atoms with Crippen molar-refractivity contribution in [1.29, 1.82) is 0 Å². The molecule has 0 fully saturated rings. The van der Waals surface area contributed by atoms with Crippen molar-refractivity contribution in [3.05, 3.63) is 51.9 Å². The quantitative estimate of drug-likeness (QED) is 0.805. The Labute approximate surface area is 132 Å². The largest absolute Gasteiger partial charge is 0.362 e. The van der Waals surface area contributed by atoms with Crippen LogP contribution in [0.1, 0.15) is 18.7 Å². The Kier molecular flexibility index (Phi) is 3.62. The molecule has 3 rings (SSSR count). The fraction of sp³-hybridized carbons (Fsp3) is 0.267. The number of imidazole rings is 1. The van der Waals surface area contributed by atoms with Gasteiger partial charge in [-0.15, -0.1) is 0 Å². The van der Waals surface area contributed by atoms with Crippen LogP contribution in [0.15, 0.2) is 35.5 Å². The van der Waals surface area contributed by atoms with Gasteiger partial charge in [0.05, 0.1) is 29.8 Å². The number of nitrogens with one attached hydrogen (secondary N) is 1. The molecule has 6 nitrogen and oxygen atoms in total. The van der Waals surface area contributed by atoms with E-state index < -0.39 is 0 Å². The number of fused-ring (bicyclic) bond motifs is 1. The Morgan fingerprint density at radius 1 is 1.36 bits per heavy atom. The Hall–Kier alpha value is -2.34.